The second-order valence-corrected chi connectivity index (χ2v) is 5.09. The van der Waals surface area contributed by atoms with Crippen LogP contribution >= 0.6 is 0 Å². The number of aromatic carboxylic acids is 1. The number of carboxylic acid groups (broad SMARTS) is 1. The molecule has 1 N–H and O–H groups in total. The van der Waals surface area contributed by atoms with Crippen molar-refractivity contribution in [3.8, 4) is 0 Å². The Labute approximate surface area is 113 Å². The molecular weight excluding hydrogens is 244 g/mol. The molecule has 0 radical (unpaired) electrons. The van der Waals surface area contributed by atoms with Crippen LogP contribution in [0.3, 0.4) is 0 Å². The third-order valence-corrected chi connectivity index (χ3v) is 4.01. The number of hydrogen-bond donors (Lipinski definition) is 1. The highest BCUT2D eigenvalue weighted by molar-refractivity contribution is 5.87. The van der Waals surface area contributed by atoms with Gasteiger partial charge in [0.15, 0.2) is 6.29 Å². The van der Waals surface area contributed by atoms with Gasteiger partial charge in [0.1, 0.15) is 0 Å². The molecule has 4 heteroatoms. The zero-order valence-corrected chi connectivity index (χ0v) is 11.4. The first-order valence-electron chi connectivity index (χ1n) is 6.66. The van der Waals surface area contributed by atoms with Crippen molar-refractivity contribution in [2.75, 3.05) is 13.2 Å². The Morgan fingerprint density at radius 1 is 1.21 bits per heavy atom. The van der Waals surface area contributed by atoms with Crippen molar-refractivity contribution in [2.24, 2.45) is 5.41 Å². The van der Waals surface area contributed by atoms with E-state index in [0.29, 0.717) is 13.2 Å². The van der Waals surface area contributed by atoms with Crippen LogP contribution in [0.25, 0.3) is 0 Å². The minimum Gasteiger partial charge on any atom is -0.478 e. The molecule has 2 rings (SSSR count). The molecule has 104 valence electrons. The molecule has 1 aromatic rings. The van der Waals surface area contributed by atoms with Gasteiger partial charge in [-0.25, -0.2) is 4.79 Å². The Kier molecular flexibility index (Phi) is 4.22. The molecule has 1 heterocycles. The summed E-state index contributed by atoms with van der Waals surface area (Å²) in [5.74, 6) is -0.923. The average molecular weight is 264 g/mol. The van der Waals surface area contributed by atoms with E-state index in [-0.39, 0.29) is 17.3 Å². The van der Waals surface area contributed by atoms with Gasteiger partial charge in [-0.3, -0.25) is 0 Å². The first-order chi connectivity index (χ1) is 9.10. The standard InChI is InChI=1S/C15H20O4/c1-3-15(4-2)9-18-14(19-10-15)12-7-5-11(6-8-12)13(16)17/h5-8,14H,3-4,9-10H2,1-2H3,(H,16,17). The molecule has 1 fully saturated rings. The highest BCUT2D eigenvalue weighted by atomic mass is 16.7. The van der Waals surface area contributed by atoms with Crippen molar-refractivity contribution in [1.29, 1.82) is 0 Å². The summed E-state index contributed by atoms with van der Waals surface area (Å²) in [6.45, 7) is 5.67. The lowest BCUT2D eigenvalue weighted by Crippen LogP contribution is -2.37. The number of ether oxygens (including phenoxy) is 2. The minimum absolute atomic E-state index is 0.123. The van der Waals surface area contributed by atoms with E-state index < -0.39 is 5.97 Å². The lowest BCUT2D eigenvalue weighted by atomic mass is 9.83. The Morgan fingerprint density at radius 2 is 1.74 bits per heavy atom. The monoisotopic (exact) mass is 264 g/mol. The zero-order chi connectivity index (χ0) is 13.9. The van der Waals surface area contributed by atoms with Gasteiger partial charge in [-0.1, -0.05) is 26.0 Å². The molecule has 0 aromatic heterocycles. The highest BCUT2D eigenvalue weighted by Crippen LogP contribution is 2.36. The fourth-order valence-corrected chi connectivity index (χ4v) is 2.23. The Bertz CT molecular complexity index is 424. The van der Waals surface area contributed by atoms with E-state index in [9.17, 15) is 4.79 Å². The fourth-order valence-electron chi connectivity index (χ4n) is 2.23. The number of rotatable bonds is 4. The maximum atomic E-state index is 10.8. The number of carboxylic acids is 1. The quantitative estimate of drug-likeness (QED) is 0.907. The van der Waals surface area contributed by atoms with Gasteiger partial charge in [-0.2, -0.15) is 0 Å². The second kappa shape index (κ2) is 5.72. The summed E-state index contributed by atoms with van der Waals surface area (Å²) >= 11 is 0. The van der Waals surface area contributed by atoms with E-state index in [1.54, 1.807) is 24.3 Å². The maximum Gasteiger partial charge on any atom is 0.335 e. The largest absolute Gasteiger partial charge is 0.478 e. The van der Waals surface area contributed by atoms with Crippen LogP contribution in [0.2, 0.25) is 0 Å². The summed E-state index contributed by atoms with van der Waals surface area (Å²) < 4.78 is 11.6. The Morgan fingerprint density at radius 3 is 2.16 bits per heavy atom. The molecule has 0 spiro atoms. The van der Waals surface area contributed by atoms with E-state index >= 15 is 0 Å². The van der Waals surface area contributed by atoms with Gasteiger partial charge in [0, 0.05) is 11.0 Å². The van der Waals surface area contributed by atoms with Crippen LogP contribution in [0.1, 0.15) is 48.9 Å². The topological polar surface area (TPSA) is 55.8 Å². The van der Waals surface area contributed by atoms with Crippen molar-refractivity contribution < 1.29 is 19.4 Å². The number of hydrogen-bond acceptors (Lipinski definition) is 3. The van der Waals surface area contributed by atoms with Gasteiger partial charge >= 0.3 is 5.97 Å². The molecule has 1 saturated heterocycles. The van der Waals surface area contributed by atoms with Gasteiger partial charge in [0.25, 0.3) is 0 Å². The second-order valence-electron chi connectivity index (χ2n) is 5.09. The molecule has 0 atom stereocenters. The van der Waals surface area contributed by atoms with Crippen LogP contribution in [0.15, 0.2) is 24.3 Å². The summed E-state index contributed by atoms with van der Waals surface area (Å²) in [7, 11) is 0. The third-order valence-electron chi connectivity index (χ3n) is 4.01. The van der Waals surface area contributed by atoms with E-state index in [4.69, 9.17) is 14.6 Å². The normalized spacial score (nSPS) is 19.3. The predicted octanol–water partition coefficient (Wildman–Crippen LogP) is 3.24. The summed E-state index contributed by atoms with van der Waals surface area (Å²) in [4.78, 5) is 10.8. The first kappa shape index (κ1) is 14.0. The zero-order valence-electron chi connectivity index (χ0n) is 11.4. The molecule has 0 unspecified atom stereocenters. The minimum atomic E-state index is -0.923. The smallest absolute Gasteiger partial charge is 0.335 e. The van der Waals surface area contributed by atoms with Crippen molar-refractivity contribution in [3.63, 3.8) is 0 Å². The molecule has 19 heavy (non-hydrogen) atoms. The molecule has 1 aliphatic heterocycles. The van der Waals surface area contributed by atoms with Crippen LogP contribution in [0.5, 0.6) is 0 Å². The van der Waals surface area contributed by atoms with Crippen molar-refractivity contribution in [2.45, 2.75) is 33.0 Å². The summed E-state index contributed by atoms with van der Waals surface area (Å²) in [6, 6.07) is 6.65. The van der Waals surface area contributed by atoms with E-state index in [1.807, 2.05) is 0 Å². The van der Waals surface area contributed by atoms with E-state index in [0.717, 1.165) is 18.4 Å². The first-order valence-corrected chi connectivity index (χ1v) is 6.66. The molecule has 1 aromatic carbocycles. The SMILES string of the molecule is CCC1(CC)COC(c2ccc(C(=O)O)cc2)OC1. The maximum absolute atomic E-state index is 10.8. The number of benzene rings is 1. The number of carbonyl (C=O) groups is 1. The Balaban J connectivity index is 2.03. The van der Waals surface area contributed by atoms with Crippen LogP contribution < -0.4 is 0 Å². The molecule has 0 aliphatic carbocycles. The lowest BCUT2D eigenvalue weighted by molar-refractivity contribution is -0.235. The molecule has 0 bridgehead atoms. The predicted molar refractivity (Wildman–Crippen MR) is 71.1 cm³/mol. The van der Waals surface area contributed by atoms with Crippen molar-refractivity contribution in [1.82, 2.24) is 0 Å². The summed E-state index contributed by atoms with van der Waals surface area (Å²) in [6.07, 6.45) is 1.69. The highest BCUT2D eigenvalue weighted by Gasteiger charge is 2.34. The van der Waals surface area contributed by atoms with Gasteiger partial charge in [-0.05, 0) is 25.0 Å². The van der Waals surface area contributed by atoms with Crippen molar-refractivity contribution in [3.05, 3.63) is 35.4 Å². The van der Waals surface area contributed by atoms with Gasteiger partial charge in [0.2, 0.25) is 0 Å². The van der Waals surface area contributed by atoms with Crippen LogP contribution in [-0.4, -0.2) is 24.3 Å². The summed E-state index contributed by atoms with van der Waals surface area (Å²) in [5.41, 5.74) is 1.26. The van der Waals surface area contributed by atoms with E-state index in [1.165, 1.54) is 0 Å². The van der Waals surface area contributed by atoms with Crippen LogP contribution in [0.4, 0.5) is 0 Å². The van der Waals surface area contributed by atoms with Gasteiger partial charge in [0.05, 0.1) is 18.8 Å². The van der Waals surface area contributed by atoms with Gasteiger partial charge in [-0.15, -0.1) is 0 Å². The van der Waals surface area contributed by atoms with Crippen LogP contribution in [-0.2, 0) is 9.47 Å². The molecular formula is C15H20O4. The summed E-state index contributed by atoms with van der Waals surface area (Å²) in [5, 5.41) is 8.86. The van der Waals surface area contributed by atoms with Gasteiger partial charge < -0.3 is 14.6 Å². The van der Waals surface area contributed by atoms with Crippen molar-refractivity contribution >= 4 is 5.97 Å². The lowest BCUT2D eigenvalue weighted by Gasteiger charge is -2.39. The fraction of sp³-hybridized carbons (Fsp3) is 0.533. The molecule has 0 amide bonds. The third kappa shape index (κ3) is 2.96. The van der Waals surface area contributed by atoms with Crippen LogP contribution in [0, 0.1) is 5.41 Å². The molecule has 0 saturated carbocycles. The molecule has 1 aliphatic rings. The average Bonchev–Trinajstić information content (AvgIpc) is 2.47. The molecule has 4 nitrogen and oxygen atoms in total. The Hall–Kier alpha value is -1.39. The van der Waals surface area contributed by atoms with E-state index in [2.05, 4.69) is 13.8 Å².